The Morgan fingerprint density at radius 1 is 1.07 bits per heavy atom. The lowest BCUT2D eigenvalue weighted by Crippen LogP contribution is -2.26. The van der Waals surface area contributed by atoms with E-state index in [4.69, 9.17) is 15.2 Å². The van der Waals surface area contributed by atoms with E-state index in [1.165, 1.54) is 12.8 Å². The second kappa shape index (κ2) is 7.09. The fourth-order valence-electron chi connectivity index (χ4n) is 3.83. The van der Waals surface area contributed by atoms with Gasteiger partial charge in [-0.05, 0) is 24.8 Å². The molecule has 0 spiro atoms. The van der Waals surface area contributed by atoms with Crippen molar-refractivity contribution in [1.82, 2.24) is 34.2 Å². The molecule has 150 valence electrons. The van der Waals surface area contributed by atoms with Gasteiger partial charge in [0.15, 0.2) is 6.29 Å². The Morgan fingerprint density at radius 3 is 2.69 bits per heavy atom. The smallest absolute Gasteiger partial charge is 0.153 e. The van der Waals surface area contributed by atoms with Crippen LogP contribution < -0.4 is 0 Å². The Kier molecular flexibility index (Phi) is 4.40. The monoisotopic (exact) mass is 393 g/mol. The average molecular weight is 393 g/mol. The standard InChI is InChI=1S/C20H23N7O2/c1-13-2-3-17(13)26-11-15(9-23-26)20-18-4-6-21-27(18)12-16(24-20)14-8-22-25(10-14)7-5-19(28)29/h4,6,8-13,17,19,28-29H,2-3,5,7H2,1H3. The number of nitrogens with zero attached hydrogens (tertiary/aromatic N) is 7. The summed E-state index contributed by atoms with van der Waals surface area (Å²) in [6.07, 6.45) is 12.4. The zero-order chi connectivity index (χ0) is 20.0. The summed E-state index contributed by atoms with van der Waals surface area (Å²) >= 11 is 0. The molecule has 4 aromatic heterocycles. The second-order valence-electron chi connectivity index (χ2n) is 7.73. The van der Waals surface area contributed by atoms with Gasteiger partial charge >= 0.3 is 0 Å². The van der Waals surface area contributed by atoms with Crippen molar-refractivity contribution in [3.05, 3.63) is 43.2 Å². The van der Waals surface area contributed by atoms with Gasteiger partial charge in [-0.3, -0.25) is 9.36 Å². The average Bonchev–Trinajstić information content (AvgIpc) is 3.44. The Bertz CT molecular complexity index is 1140. The molecule has 4 aromatic rings. The van der Waals surface area contributed by atoms with Crippen molar-refractivity contribution in [3.8, 4) is 22.5 Å². The first kappa shape index (κ1) is 18.0. The normalized spacial score (nSPS) is 19.2. The summed E-state index contributed by atoms with van der Waals surface area (Å²) in [6.45, 7) is 2.68. The molecule has 2 unspecified atom stereocenters. The number of rotatable bonds is 6. The number of aliphatic hydroxyl groups excluding tert-OH is 1. The molecule has 2 N–H and O–H groups in total. The summed E-state index contributed by atoms with van der Waals surface area (Å²) in [5.74, 6) is 0.653. The zero-order valence-corrected chi connectivity index (χ0v) is 16.1. The van der Waals surface area contributed by atoms with Gasteiger partial charge in [-0.1, -0.05) is 6.92 Å². The van der Waals surface area contributed by atoms with Crippen LogP contribution in [0.2, 0.25) is 0 Å². The molecule has 9 nitrogen and oxygen atoms in total. The maximum absolute atomic E-state index is 9.06. The van der Waals surface area contributed by atoms with Crippen LogP contribution in [0.5, 0.6) is 0 Å². The topological polar surface area (TPSA) is 106 Å². The van der Waals surface area contributed by atoms with E-state index in [-0.39, 0.29) is 6.42 Å². The Morgan fingerprint density at radius 2 is 1.93 bits per heavy atom. The molecule has 0 saturated heterocycles. The molecule has 1 aliphatic rings. The number of hydrogen-bond acceptors (Lipinski definition) is 6. The van der Waals surface area contributed by atoms with Crippen LogP contribution in [0.3, 0.4) is 0 Å². The van der Waals surface area contributed by atoms with E-state index < -0.39 is 6.29 Å². The lowest BCUT2D eigenvalue weighted by Gasteiger charge is -2.33. The predicted octanol–water partition coefficient (Wildman–Crippen LogP) is 2.13. The molecule has 2 atom stereocenters. The molecule has 1 aliphatic carbocycles. The van der Waals surface area contributed by atoms with Crippen LogP contribution in [0.25, 0.3) is 28.0 Å². The summed E-state index contributed by atoms with van der Waals surface area (Å²) in [5, 5.41) is 31.4. The maximum Gasteiger partial charge on any atom is 0.153 e. The molecule has 29 heavy (non-hydrogen) atoms. The number of aliphatic hydroxyl groups is 2. The minimum atomic E-state index is -1.34. The summed E-state index contributed by atoms with van der Waals surface area (Å²) in [6, 6.07) is 2.41. The number of aryl methyl sites for hydroxylation is 1. The van der Waals surface area contributed by atoms with Gasteiger partial charge in [0.25, 0.3) is 0 Å². The van der Waals surface area contributed by atoms with Gasteiger partial charge < -0.3 is 10.2 Å². The molecule has 0 bridgehead atoms. The van der Waals surface area contributed by atoms with E-state index in [2.05, 4.69) is 33.1 Å². The fourth-order valence-corrected chi connectivity index (χ4v) is 3.83. The highest BCUT2D eigenvalue weighted by Gasteiger charge is 2.29. The molecule has 0 amide bonds. The zero-order valence-electron chi connectivity index (χ0n) is 16.1. The van der Waals surface area contributed by atoms with Crippen LogP contribution in [0.15, 0.2) is 43.2 Å². The first-order valence-electron chi connectivity index (χ1n) is 9.86. The molecule has 1 saturated carbocycles. The van der Waals surface area contributed by atoms with E-state index >= 15 is 0 Å². The number of hydrogen-bond donors (Lipinski definition) is 2. The molecular formula is C20H23N7O2. The largest absolute Gasteiger partial charge is 0.368 e. The summed E-state index contributed by atoms with van der Waals surface area (Å²) < 4.78 is 5.55. The molecule has 9 heteroatoms. The van der Waals surface area contributed by atoms with Crippen molar-refractivity contribution >= 4 is 5.52 Å². The molecule has 0 radical (unpaired) electrons. The van der Waals surface area contributed by atoms with Crippen molar-refractivity contribution in [3.63, 3.8) is 0 Å². The lowest BCUT2D eigenvalue weighted by molar-refractivity contribution is -0.0482. The van der Waals surface area contributed by atoms with E-state index in [0.29, 0.717) is 18.5 Å². The van der Waals surface area contributed by atoms with Crippen molar-refractivity contribution < 1.29 is 10.2 Å². The SMILES string of the molecule is CC1CCC1n1cc(-c2nc(-c3cnn(CCC(O)O)c3)cn3nccc23)cn1. The van der Waals surface area contributed by atoms with Gasteiger partial charge in [0.2, 0.25) is 0 Å². The Hall–Kier alpha value is -3.04. The summed E-state index contributed by atoms with van der Waals surface area (Å²) in [7, 11) is 0. The van der Waals surface area contributed by atoms with Gasteiger partial charge in [-0.25, -0.2) is 9.50 Å². The summed E-state index contributed by atoms with van der Waals surface area (Å²) in [5.41, 5.74) is 4.31. The third-order valence-corrected chi connectivity index (χ3v) is 5.72. The highest BCUT2D eigenvalue weighted by molar-refractivity contribution is 5.78. The molecular weight excluding hydrogens is 370 g/mol. The van der Waals surface area contributed by atoms with Gasteiger partial charge in [0.05, 0.1) is 47.7 Å². The third kappa shape index (κ3) is 3.32. The summed E-state index contributed by atoms with van der Waals surface area (Å²) in [4.78, 5) is 4.89. The maximum atomic E-state index is 9.06. The fraction of sp³-hybridized carbons (Fsp3) is 0.400. The van der Waals surface area contributed by atoms with Gasteiger partial charge in [0.1, 0.15) is 0 Å². The second-order valence-corrected chi connectivity index (χ2v) is 7.73. The minimum Gasteiger partial charge on any atom is -0.368 e. The Balaban J connectivity index is 1.51. The Labute approximate surface area is 167 Å². The molecule has 4 heterocycles. The lowest BCUT2D eigenvalue weighted by atomic mass is 9.81. The van der Waals surface area contributed by atoms with Crippen molar-refractivity contribution in [2.45, 2.75) is 45.1 Å². The van der Waals surface area contributed by atoms with Gasteiger partial charge in [-0.15, -0.1) is 0 Å². The van der Waals surface area contributed by atoms with Crippen molar-refractivity contribution in [2.24, 2.45) is 5.92 Å². The van der Waals surface area contributed by atoms with Crippen LogP contribution >= 0.6 is 0 Å². The quantitative estimate of drug-likeness (QED) is 0.486. The van der Waals surface area contributed by atoms with E-state index in [1.54, 1.807) is 17.1 Å². The van der Waals surface area contributed by atoms with Crippen LogP contribution in [-0.4, -0.2) is 50.7 Å². The number of aromatic nitrogens is 7. The van der Waals surface area contributed by atoms with E-state index in [0.717, 1.165) is 28.0 Å². The first-order chi connectivity index (χ1) is 14.1. The highest BCUT2D eigenvalue weighted by atomic mass is 16.5. The molecule has 0 aromatic carbocycles. The highest BCUT2D eigenvalue weighted by Crippen LogP contribution is 2.38. The van der Waals surface area contributed by atoms with Crippen LogP contribution in [-0.2, 0) is 6.54 Å². The van der Waals surface area contributed by atoms with Crippen molar-refractivity contribution in [1.29, 1.82) is 0 Å². The van der Waals surface area contributed by atoms with Gasteiger partial charge in [0, 0.05) is 36.5 Å². The number of fused-ring (bicyclic) bond motifs is 1. The van der Waals surface area contributed by atoms with Crippen LogP contribution in [0, 0.1) is 5.92 Å². The van der Waals surface area contributed by atoms with Crippen LogP contribution in [0.4, 0.5) is 0 Å². The molecule has 1 fully saturated rings. The van der Waals surface area contributed by atoms with E-state index in [1.807, 2.05) is 29.2 Å². The van der Waals surface area contributed by atoms with Crippen LogP contribution in [0.1, 0.15) is 32.2 Å². The van der Waals surface area contributed by atoms with Crippen molar-refractivity contribution in [2.75, 3.05) is 0 Å². The van der Waals surface area contributed by atoms with Gasteiger partial charge in [-0.2, -0.15) is 15.3 Å². The third-order valence-electron chi connectivity index (χ3n) is 5.72. The predicted molar refractivity (Wildman–Crippen MR) is 106 cm³/mol. The molecule has 0 aliphatic heterocycles. The first-order valence-corrected chi connectivity index (χ1v) is 9.86. The minimum absolute atomic E-state index is 0.219. The van der Waals surface area contributed by atoms with E-state index in [9.17, 15) is 0 Å². The molecule has 5 rings (SSSR count).